The molecule has 0 unspecified atom stereocenters. The molecule has 1 amide bonds. The number of carboxylic acids is 1. The summed E-state index contributed by atoms with van der Waals surface area (Å²) in [7, 11) is 0. The van der Waals surface area contributed by atoms with Crippen LogP contribution in [0.25, 0.3) is 0 Å². The minimum Gasteiger partial charge on any atom is -0.480 e. The first-order chi connectivity index (χ1) is 9.18. The lowest BCUT2D eigenvalue weighted by Gasteiger charge is -2.36. The second-order valence-corrected chi connectivity index (χ2v) is 5.99. The second kappa shape index (κ2) is 6.92. The van der Waals surface area contributed by atoms with Gasteiger partial charge < -0.3 is 10.0 Å². The van der Waals surface area contributed by atoms with Crippen LogP contribution in [-0.2, 0) is 9.59 Å². The van der Waals surface area contributed by atoms with Gasteiger partial charge in [-0.3, -0.25) is 9.59 Å². The number of amides is 1. The fourth-order valence-corrected chi connectivity index (χ4v) is 3.51. The summed E-state index contributed by atoms with van der Waals surface area (Å²) in [5.41, 5.74) is 0. The van der Waals surface area contributed by atoms with Crippen molar-refractivity contribution < 1.29 is 14.7 Å². The lowest BCUT2D eigenvalue weighted by atomic mass is 9.86. The Labute approximate surface area is 115 Å². The van der Waals surface area contributed by atoms with Gasteiger partial charge in [0, 0.05) is 12.0 Å². The fraction of sp³-hybridized carbons (Fsp3) is 0.867. The zero-order valence-electron chi connectivity index (χ0n) is 11.6. The predicted molar refractivity (Wildman–Crippen MR) is 72.8 cm³/mol. The van der Waals surface area contributed by atoms with Gasteiger partial charge in [-0.05, 0) is 25.7 Å². The topological polar surface area (TPSA) is 57.6 Å². The summed E-state index contributed by atoms with van der Waals surface area (Å²) < 4.78 is 0. The summed E-state index contributed by atoms with van der Waals surface area (Å²) in [6.07, 6.45) is 10.8. The van der Waals surface area contributed by atoms with E-state index >= 15 is 0 Å². The van der Waals surface area contributed by atoms with Crippen molar-refractivity contribution >= 4 is 11.9 Å². The van der Waals surface area contributed by atoms with Gasteiger partial charge in [0.1, 0.15) is 6.54 Å². The number of nitrogens with zero attached hydrogens (tertiary/aromatic N) is 1. The van der Waals surface area contributed by atoms with Crippen LogP contribution in [0.3, 0.4) is 0 Å². The van der Waals surface area contributed by atoms with E-state index in [0.29, 0.717) is 0 Å². The average Bonchev–Trinajstić information content (AvgIpc) is 2.46. The normalized spacial score (nSPS) is 22.1. The van der Waals surface area contributed by atoms with Gasteiger partial charge in [-0.2, -0.15) is 0 Å². The van der Waals surface area contributed by atoms with Crippen molar-refractivity contribution in [3.63, 3.8) is 0 Å². The number of hydrogen-bond acceptors (Lipinski definition) is 2. The molecule has 0 aromatic heterocycles. The van der Waals surface area contributed by atoms with Gasteiger partial charge in [-0.25, -0.2) is 0 Å². The van der Waals surface area contributed by atoms with E-state index in [0.717, 1.165) is 51.4 Å². The third-order valence-corrected chi connectivity index (χ3v) is 4.56. The standard InChI is InChI=1S/C15H25NO3/c17-14(18)11-16(13-9-5-2-6-10-13)15(19)12-7-3-1-4-8-12/h12-13H,1-11H2,(H,17,18). The molecule has 0 spiro atoms. The summed E-state index contributed by atoms with van der Waals surface area (Å²) >= 11 is 0. The van der Waals surface area contributed by atoms with Crippen LogP contribution in [0.4, 0.5) is 0 Å². The molecule has 0 aromatic rings. The number of carboxylic acid groups (broad SMARTS) is 1. The number of carbonyl (C=O) groups excluding carboxylic acids is 1. The third kappa shape index (κ3) is 3.95. The molecular formula is C15H25NO3. The first-order valence-electron chi connectivity index (χ1n) is 7.71. The van der Waals surface area contributed by atoms with Gasteiger partial charge in [0.25, 0.3) is 0 Å². The number of aliphatic carboxylic acids is 1. The van der Waals surface area contributed by atoms with Gasteiger partial charge in [0.05, 0.1) is 0 Å². The summed E-state index contributed by atoms with van der Waals surface area (Å²) in [5, 5.41) is 9.07. The lowest BCUT2D eigenvalue weighted by Crippen LogP contribution is -2.47. The molecule has 0 saturated heterocycles. The minimum atomic E-state index is -0.880. The molecule has 2 aliphatic rings. The minimum absolute atomic E-state index is 0.0787. The molecule has 4 nitrogen and oxygen atoms in total. The number of rotatable bonds is 4. The molecule has 2 rings (SSSR count). The van der Waals surface area contributed by atoms with Crippen LogP contribution in [0, 0.1) is 5.92 Å². The van der Waals surface area contributed by atoms with Crippen LogP contribution in [0.15, 0.2) is 0 Å². The Hall–Kier alpha value is -1.06. The zero-order valence-corrected chi connectivity index (χ0v) is 11.6. The summed E-state index contributed by atoms with van der Waals surface area (Å²) in [4.78, 5) is 25.3. The van der Waals surface area contributed by atoms with Crippen molar-refractivity contribution in [1.82, 2.24) is 4.90 Å². The third-order valence-electron chi connectivity index (χ3n) is 4.56. The Kier molecular flexibility index (Phi) is 5.23. The van der Waals surface area contributed by atoms with Crippen molar-refractivity contribution in [3.8, 4) is 0 Å². The highest BCUT2D eigenvalue weighted by molar-refractivity contribution is 5.83. The molecule has 0 aromatic carbocycles. The quantitative estimate of drug-likeness (QED) is 0.852. The maximum absolute atomic E-state index is 12.6. The highest BCUT2D eigenvalue weighted by Crippen LogP contribution is 2.29. The molecule has 0 radical (unpaired) electrons. The van der Waals surface area contributed by atoms with E-state index in [1.165, 1.54) is 12.8 Å². The van der Waals surface area contributed by atoms with Crippen LogP contribution >= 0.6 is 0 Å². The molecule has 0 atom stereocenters. The first-order valence-corrected chi connectivity index (χ1v) is 7.71. The Balaban J connectivity index is 2.02. The molecular weight excluding hydrogens is 242 g/mol. The molecule has 0 bridgehead atoms. The van der Waals surface area contributed by atoms with Crippen molar-refractivity contribution in [2.75, 3.05) is 6.54 Å². The average molecular weight is 267 g/mol. The predicted octanol–water partition coefficient (Wildman–Crippen LogP) is 2.81. The second-order valence-electron chi connectivity index (χ2n) is 5.99. The Morgan fingerprint density at radius 3 is 1.95 bits per heavy atom. The maximum atomic E-state index is 12.6. The van der Waals surface area contributed by atoms with Crippen molar-refractivity contribution in [1.29, 1.82) is 0 Å². The molecule has 19 heavy (non-hydrogen) atoms. The van der Waals surface area contributed by atoms with E-state index in [1.54, 1.807) is 4.90 Å². The van der Waals surface area contributed by atoms with Gasteiger partial charge >= 0.3 is 5.97 Å². The molecule has 2 fully saturated rings. The molecule has 2 aliphatic carbocycles. The van der Waals surface area contributed by atoms with E-state index in [2.05, 4.69) is 0 Å². The van der Waals surface area contributed by atoms with Crippen LogP contribution in [0.1, 0.15) is 64.2 Å². The molecule has 0 aliphatic heterocycles. The van der Waals surface area contributed by atoms with Crippen molar-refractivity contribution in [2.45, 2.75) is 70.3 Å². The van der Waals surface area contributed by atoms with Crippen LogP contribution in [0.5, 0.6) is 0 Å². The fourth-order valence-electron chi connectivity index (χ4n) is 3.51. The summed E-state index contributed by atoms with van der Waals surface area (Å²) in [6, 6.07) is 0.166. The molecule has 108 valence electrons. The van der Waals surface area contributed by atoms with Crippen LogP contribution in [0.2, 0.25) is 0 Å². The van der Waals surface area contributed by atoms with E-state index < -0.39 is 5.97 Å². The molecule has 1 N–H and O–H groups in total. The lowest BCUT2D eigenvalue weighted by molar-refractivity contribution is -0.149. The van der Waals surface area contributed by atoms with Gasteiger partial charge in [-0.15, -0.1) is 0 Å². The maximum Gasteiger partial charge on any atom is 0.323 e. The first kappa shape index (κ1) is 14.4. The van der Waals surface area contributed by atoms with E-state index in [4.69, 9.17) is 5.11 Å². The molecule has 4 heteroatoms. The number of carbonyl (C=O) groups is 2. The smallest absolute Gasteiger partial charge is 0.323 e. The van der Waals surface area contributed by atoms with E-state index in [1.807, 2.05) is 0 Å². The van der Waals surface area contributed by atoms with Gasteiger partial charge in [0.15, 0.2) is 0 Å². The monoisotopic (exact) mass is 267 g/mol. The number of hydrogen-bond donors (Lipinski definition) is 1. The van der Waals surface area contributed by atoms with Crippen molar-refractivity contribution in [3.05, 3.63) is 0 Å². The highest BCUT2D eigenvalue weighted by atomic mass is 16.4. The Morgan fingerprint density at radius 1 is 0.895 bits per heavy atom. The van der Waals surface area contributed by atoms with Crippen LogP contribution in [-0.4, -0.2) is 34.5 Å². The zero-order chi connectivity index (χ0) is 13.7. The van der Waals surface area contributed by atoms with Gasteiger partial charge in [0.2, 0.25) is 5.91 Å². The Morgan fingerprint density at radius 2 is 1.42 bits per heavy atom. The van der Waals surface area contributed by atoms with Crippen LogP contribution < -0.4 is 0 Å². The summed E-state index contributed by atoms with van der Waals surface area (Å²) in [5.74, 6) is -0.696. The van der Waals surface area contributed by atoms with E-state index in [-0.39, 0.29) is 24.4 Å². The SMILES string of the molecule is O=C(O)CN(C(=O)C1CCCCC1)C1CCCCC1. The van der Waals surface area contributed by atoms with Crippen molar-refractivity contribution in [2.24, 2.45) is 5.92 Å². The van der Waals surface area contributed by atoms with Gasteiger partial charge in [-0.1, -0.05) is 38.5 Å². The Bertz CT molecular complexity index is 317. The highest BCUT2D eigenvalue weighted by Gasteiger charge is 2.32. The largest absolute Gasteiger partial charge is 0.480 e. The van der Waals surface area contributed by atoms with E-state index in [9.17, 15) is 9.59 Å². The summed E-state index contributed by atoms with van der Waals surface area (Å²) in [6.45, 7) is -0.111. The molecule has 0 heterocycles. The molecule has 2 saturated carbocycles.